The molecule has 1 aliphatic heterocycles. The average Bonchev–Trinajstić information content (AvgIpc) is 2.93. The van der Waals surface area contributed by atoms with Crippen LogP contribution in [0.15, 0.2) is 6.33 Å². The van der Waals surface area contributed by atoms with Crippen LogP contribution in [0.4, 0.5) is 11.8 Å². The highest BCUT2D eigenvalue weighted by Gasteiger charge is 2.43. The Balaban J connectivity index is 2.07. The van der Waals surface area contributed by atoms with E-state index in [1.807, 2.05) is 0 Å². The fraction of sp³-hybridized carbons (Fsp3) is 0.500. The number of imidazole rings is 1. The molecule has 0 aromatic carbocycles. The molecular weight excluding hydrogens is 284 g/mol. The van der Waals surface area contributed by atoms with Crippen LogP contribution in [0.3, 0.4) is 0 Å². The van der Waals surface area contributed by atoms with Crippen molar-refractivity contribution in [1.82, 2.24) is 19.5 Å². The van der Waals surface area contributed by atoms with Gasteiger partial charge in [0, 0.05) is 0 Å². The summed E-state index contributed by atoms with van der Waals surface area (Å²) in [4.78, 5) is 12.0. The molecule has 3 rings (SSSR count). The van der Waals surface area contributed by atoms with Gasteiger partial charge in [-0.05, 0) is 0 Å². The van der Waals surface area contributed by atoms with E-state index in [-0.39, 0.29) is 18.4 Å². The van der Waals surface area contributed by atoms with Gasteiger partial charge in [0.2, 0.25) is 5.95 Å². The minimum absolute atomic E-state index is 0.00786. The number of anilines is 2. The minimum Gasteiger partial charge on any atom is -0.395 e. The van der Waals surface area contributed by atoms with Crippen molar-refractivity contribution in [3.8, 4) is 0 Å². The highest BCUT2D eigenvalue weighted by atomic mass is 32.2. The monoisotopic (exact) mass is 298 g/mol. The maximum atomic E-state index is 10.1. The molecule has 1 fully saturated rings. The predicted molar refractivity (Wildman–Crippen MR) is 73.7 cm³/mol. The van der Waals surface area contributed by atoms with Gasteiger partial charge in [0.15, 0.2) is 11.5 Å². The van der Waals surface area contributed by atoms with Crippen molar-refractivity contribution < 1.29 is 15.3 Å². The number of aromatic nitrogens is 4. The molecule has 10 heteroatoms. The lowest BCUT2D eigenvalue weighted by Gasteiger charge is -2.17. The Kier molecular flexibility index (Phi) is 3.17. The Morgan fingerprint density at radius 2 is 2.00 bits per heavy atom. The zero-order valence-corrected chi connectivity index (χ0v) is 11.1. The Bertz CT molecular complexity index is 649. The topological polar surface area (TPSA) is 156 Å². The van der Waals surface area contributed by atoms with Crippen molar-refractivity contribution >= 4 is 34.7 Å². The SMILES string of the molecule is Nc1nc(N)c2ncn([C@@H]3S[C@H](CO)[C@@H](O)[C@@H]3O)c2n1. The van der Waals surface area contributed by atoms with E-state index in [0.29, 0.717) is 11.2 Å². The number of nitrogens with two attached hydrogens (primary N) is 2. The molecule has 1 saturated heterocycles. The van der Waals surface area contributed by atoms with Crippen molar-refractivity contribution in [2.75, 3.05) is 18.1 Å². The van der Waals surface area contributed by atoms with Crippen LogP contribution in [0.1, 0.15) is 5.37 Å². The van der Waals surface area contributed by atoms with Crippen LogP contribution in [0.2, 0.25) is 0 Å². The van der Waals surface area contributed by atoms with Crippen LogP contribution in [0.25, 0.3) is 11.2 Å². The zero-order chi connectivity index (χ0) is 14.4. The summed E-state index contributed by atoms with van der Waals surface area (Å²) < 4.78 is 1.58. The molecule has 0 saturated carbocycles. The molecule has 2 aromatic heterocycles. The van der Waals surface area contributed by atoms with Crippen LogP contribution in [-0.4, -0.2) is 58.9 Å². The molecule has 0 aliphatic carbocycles. The third-order valence-electron chi connectivity index (χ3n) is 3.26. The summed E-state index contributed by atoms with van der Waals surface area (Å²) in [6, 6.07) is 0. The van der Waals surface area contributed by atoms with E-state index in [1.54, 1.807) is 4.57 Å². The first-order chi connectivity index (χ1) is 9.52. The second-order valence-corrected chi connectivity index (χ2v) is 5.88. The molecule has 3 heterocycles. The zero-order valence-electron chi connectivity index (χ0n) is 10.3. The number of nitrogen functional groups attached to an aromatic ring is 2. The molecule has 9 nitrogen and oxygen atoms in total. The molecular formula is C10H14N6O3S. The van der Waals surface area contributed by atoms with Crippen molar-refractivity contribution in [3.63, 3.8) is 0 Å². The van der Waals surface area contributed by atoms with Gasteiger partial charge in [0.25, 0.3) is 0 Å². The molecule has 1 aliphatic rings. The lowest BCUT2D eigenvalue weighted by Crippen LogP contribution is -2.32. The first kappa shape index (κ1) is 13.4. The molecule has 0 amide bonds. The lowest BCUT2D eigenvalue weighted by molar-refractivity contribution is 0.0113. The second kappa shape index (κ2) is 4.74. The number of hydrogen-bond acceptors (Lipinski definition) is 9. The average molecular weight is 298 g/mol. The van der Waals surface area contributed by atoms with Gasteiger partial charge in [0.05, 0.1) is 24.3 Å². The highest BCUT2D eigenvalue weighted by molar-refractivity contribution is 8.00. The van der Waals surface area contributed by atoms with Crippen molar-refractivity contribution in [3.05, 3.63) is 6.33 Å². The fourth-order valence-electron chi connectivity index (χ4n) is 2.25. The molecule has 4 atom stereocenters. The van der Waals surface area contributed by atoms with Gasteiger partial charge in [-0.3, -0.25) is 4.57 Å². The number of fused-ring (bicyclic) bond motifs is 1. The smallest absolute Gasteiger partial charge is 0.224 e. The summed E-state index contributed by atoms with van der Waals surface area (Å²) in [5.74, 6) is 0.163. The molecule has 0 spiro atoms. The normalized spacial score (nSPS) is 30.1. The molecule has 0 unspecified atom stereocenters. The molecule has 20 heavy (non-hydrogen) atoms. The summed E-state index contributed by atoms with van der Waals surface area (Å²) >= 11 is 1.24. The molecule has 108 valence electrons. The Labute approximate surface area is 117 Å². The number of thioether (sulfide) groups is 1. The summed E-state index contributed by atoms with van der Waals surface area (Å²) in [5, 5.41) is 28.1. The molecule has 0 bridgehead atoms. The van der Waals surface area contributed by atoms with E-state index in [9.17, 15) is 15.3 Å². The van der Waals surface area contributed by atoms with Gasteiger partial charge >= 0.3 is 0 Å². The van der Waals surface area contributed by atoms with E-state index in [0.717, 1.165) is 0 Å². The standard InChI is InChI=1S/C10H14N6O3S/c11-7-4-8(15-10(12)14-7)16(2-13-4)9-6(19)5(18)3(1-17)20-9/h2-3,5-6,9,17-19H,1H2,(H4,11,12,14,15)/t3-,5-,6+,9-/m1/s1. The molecule has 7 N–H and O–H groups in total. The van der Waals surface area contributed by atoms with Gasteiger partial charge in [-0.2, -0.15) is 9.97 Å². The summed E-state index contributed by atoms with van der Waals surface area (Å²) in [7, 11) is 0. The Morgan fingerprint density at radius 1 is 1.25 bits per heavy atom. The predicted octanol–water partition coefficient (Wildman–Crippen LogP) is -1.68. The molecule has 0 radical (unpaired) electrons. The number of nitrogens with zero attached hydrogens (tertiary/aromatic N) is 4. The third-order valence-corrected chi connectivity index (χ3v) is 4.82. The van der Waals surface area contributed by atoms with Crippen molar-refractivity contribution in [1.29, 1.82) is 0 Å². The number of rotatable bonds is 2. The summed E-state index contributed by atoms with van der Waals surface area (Å²) in [6.45, 7) is -0.231. The summed E-state index contributed by atoms with van der Waals surface area (Å²) in [5.41, 5.74) is 12.1. The number of aliphatic hydroxyl groups excluding tert-OH is 3. The Hall–Kier alpha value is -1.62. The second-order valence-electron chi connectivity index (χ2n) is 4.52. The minimum atomic E-state index is -1.05. The molecule has 2 aromatic rings. The van der Waals surface area contributed by atoms with Gasteiger partial charge < -0.3 is 26.8 Å². The number of hydrogen-bond donors (Lipinski definition) is 5. The van der Waals surface area contributed by atoms with Crippen LogP contribution >= 0.6 is 11.8 Å². The van der Waals surface area contributed by atoms with Crippen molar-refractivity contribution in [2.45, 2.75) is 22.8 Å². The fourth-order valence-corrected chi connectivity index (χ4v) is 3.63. The van der Waals surface area contributed by atoms with E-state index >= 15 is 0 Å². The van der Waals surface area contributed by atoms with Gasteiger partial charge in [0.1, 0.15) is 17.0 Å². The van der Waals surface area contributed by atoms with Crippen LogP contribution < -0.4 is 11.5 Å². The largest absolute Gasteiger partial charge is 0.395 e. The number of aliphatic hydroxyl groups is 3. The van der Waals surface area contributed by atoms with E-state index < -0.39 is 22.8 Å². The maximum absolute atomic E-state index is 10.1. The lowest BCUT2D eigenvalue weighted by atomic mass is 10.1. The first-order valence-corrected chi connectivity index (χ1v) is 6.85. The first-order valence-electron chi connectivity index (χ1n) is 5.91. The van der Waals surface area contributed by atoms with Crippen molar-refractivity contribution in [2.24, 2.45) is 0 Å². The maximum Gasteiger partial charge on any atom is 0.224 e. The van der Waals surface area contributed by atoms with Crippen LogP contribution in [-0.2, 0) is 0 Å². The van der Waals surface area contributed by atoms with Gasteiger partial charge in [-0.15, -0.1) is 11.8 Å². The van der Waals surface area contributed by atoms with Gasteiger partial charge in [-0.1, -0.05) is 0 Å². The van der Waals surface area contributed by atoms with Crippen LogP contribution in [0.5, 0.6) is 0 Å². The van der Waals surface area contributed by atoms with Crippen LogP contribution in [0, 0.1) is 0 Å². The Morgan fingerprint density at radius 3 is 2.65 bits per heavy atom. The highest BCUT2D eigenvalue weighted by Crippen LogP contribution is 2.42. The van der Waals surface area contributed by atoms with Gasteiger partial charge in [-0.25, -0.2) is 4.98 Å². The summed E-state index contributed by atoms with van der Waals surface area (Å²) in [6.07, 6.45) is -0.612. The van der Waals surface area contributed by atoms with E-state index in [4.69, 9.17) is 11.5 Å². The quantitative estimate of drug-likeness (QED) is 0.436. The third kappa shape index (κ3) is 1.88. The van der Waals surface area contributed by atoms with E-state index in [1.165, 1.54) is 18.1 Å². The van der Waals surface area contributed by atoms with E-state index in [2.05, 4.69) is 15.0 Å².